The van der Waals surface area contributed by atoms with Gasteiger partial charge < -0.3 is 10.6 Å². The van der Waals surface area contributed by atoms with Crippen LogP contribution in [0.5, 0.6) is 0 Å². The standard InChI is InChI=1S/C24H22Cl2N4O3/c25-18-11-12-20(21(26)13-18)24(33)28-14-22(31)27-15-23(32)29-30(19-9-5-2-6-10-19)16-17-7-3-1-4-8-17/h1-13H,14-16H2,(H,27,31)(H,28,33)(H,29,32). The number of carbonyl (C=O) groups is 3. The van der Waals surface area contributed by atoms with Gasteiger partial charge in [-0.05, 0) is 35.9 Å². The fourth-order valence-corrected chi connectivity index (χ4v) is 3.42. The zero-order valence-electron chi connectivity index (χ0n) is 17.6. The van der Waals surface area contributed by atoms with Crippen molar-refractivity contribution in [2.24, 2.45) is 0 Å². The molecule has 0 unspecified atom stereocenters. The molecule has 3 amide bonds. The molecule has 0 spiro atoms. The smallest absolute Gasteiger partial charge is 0.257 e. The highest BCUT2D eigenvalue weighted by atomic mass is 35.5. The Kier molecular flexibility index (Phi) is 8.69. The van der Waals surface area contributed by atoms with Crippen molar-refractivity contribution in [3.8, 4) is 0 Å². The average Bonchev–Trinajstić information content (AvgIpc) is 2.82. The van der Waals surface area contributed by atoms with Gasteiger partial charge in [-0.15, -0.1) is 0 Å². The van der Waals surface area contributed by atoms with Gasteiger partial charge in [0.25, 0.3) is 11.8 Å². The molecule has 0 aliphatic carbocycles. The number of carbonyl (C=O) groups excluding carboxylic acids is 3. The maximum absolute atomic E-state index is 12.5. The van der Waals surface area contributed by atoms with Gasteiger partial charge in [0, 0.05) is 5.02 Å². The Labute approximate surface area is 201 Å². The molecule has 0 saturated heterocycles. The van der Waals surface area contributed by atoms with Gasteiger partial charge in [-0.2, -0.15) is 0 Å². The highest BCUT2D eigenvalue weighted by molar-refractivity contribution is 6.36. The Hall–Kier alpha value is -3.55. The van der Waals surface area contributed by atoms with E-state index in [4.69, 9.17) is 23.2 Å². The van der Waals surface area contributed by atoms with Crippen LogP contribution in [0, 0.1) is 0 Å². The van der Waals surface area contributed by atoms with Crippen LogP contribution in [0.4, 0.5) is 5.69 Å². The van der Waals surface area contributed by atoms with E-state index in [1.54, 1.807) is 5.01 Å². The molecule has 33 heavy (non-hydrogen) atoms. The third kappa shape index (κ3) is 7.52. The van der Waals surface area contributed by atoms with E-state index in [0.29, 0.717) is 11.6 Å². The van der Waals surface area contributed by atoms with E-state index in [-0.39, 0.29) is 23.7 Å². The van der Waals surface area contributed by atoms with E-state index in [2.05, 4.69) is 16.1 Å². The summed E-state index contributed by atoms with van der Waals surface area (Å²) < 4.78 is 0. The third-order valence-corrected chi connectivity index (χ3v) is 5.09. The second-order valence-electron chi connectivity index (χ2n) is 7.03. The molecule has 170 valence electrons. The first-order valence-corrected chi connectivity index (χ1v) is 10.8. The van der Waals surface area contributed by atoms with Crippen molar-refractivity contribution in [1.29, 1.82) is 0 Å². The van der Waals surface area contributed by atoms with Gasteiger partial charge in [0.1, 0.15) is 0 Å². The number of nitrogens with zero attached hydrogens (tertiary/aromatic N) is 1. The lowest BCUT2D eigenvalue weighted by atomic mass is 10.2. The summed E-state index contributed by atoms with van der Waals surface area (Å²) in [7, 11) is 0. The van der Waals surface area contributed by atoms with E-state index in [0.717, 1.165) is 11.3 Å². The molecule has 0 fully saturated rings. The fourth-order valence-electron chi connectivity index (χ4n) is 2.93. The Morgan fingerprint density at radius 2 is 1.39 bits per heavy atom. The molecule has 0 atom stereocenters. The van der Waals surface area contributed by atoms with Crippen LogP contribution in [0.25, 0.3) is 0 Å². The molecular formula is C24H22Cl2N4O3. The van der Waals surface area contributed by atoms with Crippen LogP contribution in [-0.4, -0.2) is 30.8 Å². The van der Waals surface area contributed by atoms with Crippen molar-refractivity contribution in [2.45, 2.75) is 6.54 Å². The number of hydrogen-bond acceptors (Lipinski definition) is 4. The summed E-state index contributed by atoms with van der Waals surface area (Å²) in [6, 6.07) is 23.5. The summed E-state index contributed by atoms with van der Waals surface area (Å²) in [6.07, 6.45) is 0. The average molecular weight is 485 g/mol. The Morgan fingerprint density at radius 1 is 0.758 bits per heavy atom. The van der Waals surface area contributed by atoms with Crippen LogP contribution in [0.3, 0.4) is 0 Å². The zero-order valence-corrected chi connectivity index (χ0v) is 19.1. The molecule has 0 aliphatic rings. The van der Waals surface area contributed by atoms with Crippen molar-refractivity contribution in [3.63, 3.8) is 0 Å². The van der Waals surface area contributed by atoms with Crippen LogP contribution >= 0.6 is 23.2 Å². The van der Waals surface area contributed by atoms with Crippen molar-refractivity contribution in [3.05, 3.63) is 100 Å². The lowest BCUT2D eigenvalue weighted by molar-refractivity contribution is -0.125. The van der Waals surface area contributed by atoms with Gasteiger partial charge in [0.15, 0.2) is 0 Å². The normalized spacial score (nSPS) is 10.2. The molecule has 0 aromatic heterocycles. The molecule has 3 rings (SSSR count). The summed E-state index contributed by atoms with van der Waals surface area (Å²) >= 11 is 11.8. The molecule has 0 heterocycles. The monoisotopic (exact) mass is 484 g/mol. The predicted molar refractivity (Wildman–Crippen MR) is 129 cm³/mol. The molecule has 7 nitrogen and oxygen atoms in total. The number of benzene rings is 3. The van der Waals surface area contributed by atoms with E-state index in [1.807, 2.05) is 60.7 Å². The Morgan fingerprint density at radius 3 is 2.06 bits per heavy atom. The van der Waals surface area contributed by atoms with Crippen molar-refractivity contribution in [1.82, 2.24) is 16.1 Å². The minimum atomic E-state index is -0.519. The van der Waals surface area contributed by atoms with Gasteiger partial charge in [-0.25, -0.2) is 0 Å². The number of rotatable bonds is 9. The molecule has 3 aromatic rings. The molecule has 0 aliphatic heterocycles. The van der Waals surface area contributed by atoms with E-state index in [9.17, 15) is 14.4 Å². The van der Waals surface area contributed by atoms with Gasteiger partial charge in [-0.1, -0.05) is 71.7 Å². The summed E-state index contributed by atoms with van der Waals surface area (Å²) in [5.41, 5.74) is 4.81. The van der Waals surface area contributed by atoms with Crippen LogP contribution in [0.1, 0.15) is 15.9 Å². The lowest BCUT2D eigenvalue weighted by Gasteiger charge is -2.25. The van der Waals surface area contributed by atoms with Crippen molar-refractivity contribution >= 4 is 46.6 Å². The quantitative estimate of drug-likeness (QED) is 0.405. The van der Waals surface area contributed by atoms with E-state index < -0.39 is 17.7 Å². The first kappa shape index (κ1) is 24.1. The predicted octanol–water partition coefficient (Wildman–Crippen LogP) is 3.58. The Balaban J connectivity index is 1.50. The van der Waals surface area contributed by atoms with Gasteiger partial charge in [0.05, 0.1) is 35.9 Å². The number of amides is 3. The number of para-hydroxylation sites is 1. The topological polar surface area (TPSA) is 90.5 Å². The first-order valence-electron chi connectivity index (χ1n) is 10.1. The van der Waals surface area contributed by atoms with Crippen LogP contribution in [0.2, 0.25) is 10.0 Å². The largest absolute Gasteiger partial charge is 0.345 e. The minimum absolute atomic E-state index is 0.180. The SMILES string of the molecule is O=C(CNC(=O)c1ccc(Cl)cc1Cl)NCC(=O)NN(Cc1ccccc1)c1ccccc1. The van der Waals surface area contributed by atoms with E-state index >= 15 is 0 Å². The number of hydrogen-bond donors (Lipinski definition) is 3. The van der Waals surface area contributed by atoms with Gasteiger partial charge in [-0.3, -0.25) is 24.8 Å². The number of anilines is 1. The highest BCUT2D eigenvalue weighted by Gasteiger charge is 2.14. The molecular weight excluding hydrogens is 463 g/mol. The summed E-state index contributed by atoms with van der Waals surface area (Å²) in [5.74, 6) is -1.44. The molecule has 0 bridgehead atoms. The highest BCUT2D eigenvalue weighted by Crippen LogP contribution is 2.20. The summed E-state index contributed by atoms with van der Waals surface area (Å²) in [5, 5.41) is 7.23. The molecule has 3 aromatic carbocycles. The number of hydrazine groups is 1. The summed E-state index contributed by atoms with van der Waals surface area (Å²) in [4.78, 5) is 36.8. The minimum Gasteiger partial charge on any atom is -0.345 e. The van der Waals surface area contributed by atoms with Crippen LogP contribution < -0.4 is 21.1 Å². The maximum atomic E-state index is 12.5. The zero-order chi connectivity index (χ0) is 23.6. The number of nitrogens with one attached hydrogen (secondary N) is 3. The van der Waals surface area contributed by atoms with Gasteiger partial charge >= 0.3 is 0 Å². The second-order valence-corrected chi connectivity index (χ2v) is 7.87. The number of halogens is 2. The van der Waals surface area contributed by atoms with Crippen molar-refractivity contribution < 1.29 is 14.4 Å². The Bertz CT molecular complexity index is 1110. The fraction of sp³-hybridized carbons (Fsp3) is 0.125. The molecule has 0 radical (unpaired) electrons. The molecule has 0 saturated carbocycles. The van der Waals surface area contributed by atoms with Gasteiger partial charge in [0.2, 0.25) is 5.91 Å². The maximum Gasteiger partial charge on any atom is 0.257 e. The van der Waals surface area contributed by atoms with Crippen LogP contribution in [-0.2, 0) is 16.1 Å². The van der Waals surface area contributed by atoms with Crippen molar-refractivity contribution in [2.75, 3.05) is 18.1 Å². The second kappa shape index (κ2) is 11.9. The summed E-state index contributed by atoms with van der Waals surface area (Å²) in [6.45, 7) is -0.117. The first-order chi connectivity index (χ1) is 15.9. The third-order valence-electron chi connectivity index (χ3n) is 4.54. The van der Waals surface area contributed by atoms with Crippen LogP contribution in [0.15, 0.2) is 78.9 Å². The molecule has 3 N–H and O–H groups in total. The lowest BCUT2D eigenvalue weighted by Crippen LogP contribution is -2.48. The molecule has 9 heteroatoms. The van der Waals surface area contributed by atoms with E-state index in [1.165, 1.54) is 18.2 Å².